The first kappa shape index (κ1) is 18.0. The Bertz CT molecular complexity index is 1150. The molecule has 0 bridgehead atoms. The zero-order chi connectivity index (χ0) is 20.1. The van der Waals surface area contributed by atoms with Crippen LogP contribution >= 0.6 is 12.2 Å². The molecule has 5 rings (SSSR count). The molecule has 2 aliphatic rings. The van der Waals surface area contributed by atoms with Crippen molar-refractivity contribution < 1.29 is 4.92 Å². The first-order valence-corrected chi connectivity index (χ1v) is 10.1. The molecule has 1 unspecified atom stereocenters. The first-order valence-electron chi connectivity index (χ1n) is 9.66. The molecule has 0 amide bonds. The number of rotatable bonds is 5. The number of hydrogen-bond acceptors (Lipinski definition) is 6. The molecule has 3 aromatic rings. The number of non-ortho nitro benzene ring substituents is 1. The van der Waals surface area contributed by atoms with Crippen molar-refractivity contribution in [3.8, 4) is 11.4 Å². The van der Waals surface area contributed by atoms with E-state index in [1.54, 1.807) is 24.5 Å². The minimum Gasteiger partial charge on any atom is -0.349 e. The largest absolute Gasteiger partial charge is 0.349 e. The third-order valence-electron chi connectivity index (χ3n) is 5.64. The predicted octanol–water partition coefficient (Wildman–Crippen LogP) is 4.13. The van der Waals surface area contributed by atoms with E-state index in [4.69, 9.17) is 17.3 Å². The van der Waals surface area contributed by atoms with E-state index in [2.05, 4.69) is 21.4 Å². The fourth-order valence-electron chi connectivity index (χ4n) is 4.03. The summed E-state index contributed by atoms with van der Waals surface area (Å²) in [5.41, 5.74) is 3.14. The standard InChI is InChI=1S/C20H20N6O2S/c1-13-10-15-11-17(26(27)28)4-5-18(15)23(13)12-24-20(29)25(16-2-3-16)19(22-24)14-6-8-21-9-7-14/h4-9,11,13,16H,2-3,10,12H2,1H3. The molecule has 9 heteroatoms. The Morgan fingerprint density at radius 1 is 1.24 bits per heavy atom. The molecule has 29 heavy (non-hydrogen) atoms. The number of hydrogen-bond donors (Lipinski definition) is 0. The second-order valence-corrected chi connectivity index (χ2v) is 8.04. The van der Waals surface area contributed by atoms with Gasteiger partial charge in [0, 0.05) is 47.9 Å². The Hall–Kier alpha value is -3.07. The van der Waals surface area contributed by atoms with Crippen LogP contribution in [0.25, 0.3) is 11.4 Å². The van der Waals surface area contributed by atoms with Gasteiger partial charge in [-0.15, -0.1) is 5.10 Å². The number of anilines is 1. The summed E-state index contributed by atoms with van der Waals surface area (Å²) in [7, 11) is 0. The monoisotopic (exact) mass is 408 g/mol. The van der Waals surface area contributed by atoms with E-state index in [1.165, 1.54) is 0 Å². The van der Waals surface area contributed by atoms with Crippen LogP contribution < -0.4 is 4.90 Å². The van der Waals surface area contributed by atoms with Crippen LogP contribution in [0, 0.1) is 14.9 Å². The van der Waals surface area contributed by atoms with Gasteiger partial charge in [0.2, 0.25) is 0 Å². The summed E-state index contributed by atoms with van der Waals surface area (Å²) in [6, 6.07) is 9.60. The van der Waals surface area contributed by atoms with Gasteiger partial charge in [-0.25, -0.2) is 4.68 Å². The average molecular weight is 408 g/mol. The fourth-order valence-corrected chi connectivity index (χ4v) is 4.36. The molecular weight excluding hydrogens is 388 g/mol. The van der Waals surface area contributed by atoms with Gasteiger partial charge in [0.15, 0.2) is 10.6 Å². The zero-order valence-electron chi connectivity index (χ0n) is 15.9. The first-order chi connectivity index (χ1) is 14.0. The Labute approximate surface area is 172 Å². The molecule has 8 nitrogen and oxygen atoms in total. The molecule has 1 atom stereocenters. The van der Waals surface area contributed by atoms with Crippen LogP contribution in [0.5, 0.6) is 0 Å². The van der Waals surface area contributed by atoms with Gasteiger partial charge in [0.25, 0.3) is 5.69 Å². The molecule has 0 saturated heterocycles. The summed E-state index contributed by atoms with van der Waals surface area (Å²) in [5.74, 6) is 0.871. The van der Waals surface area contributed by atoms with E-state index in [0.717, 1.165) is 41.9 Å². The molecule has 0 N–H and O–H groups in total. The van der Waals surface area contributed by atoms with Gasteiger partial charge in [-0.3, -0.25) is 19.7 Å². The number of nitro benzene ring substituents is 1. The van der Waals surface area contributed by atoms with E-state index in [1.807, 2.05) is 22.9 Å². The molecule has 1 aromatic carbocycles. The van der Waals surface area contributed by atoms with Crippen molar-refractivity contribution in [1.29, 1.82) is 0 Å². The summed E-state index contributed by atoms with van der Waals surface area (Å²) in [5, 5.41) is 16.0. The van der Waals surface area contributed by atoms with Gasteiger partial charge in [0.05, 0.1) is 4.92 Å². The van der Waals surface area contributed by atoms with Crippen LogP contribution in [0.2, 0.25) is 0 Å². The highest BCUT2D eigenvalue weighted by Crippen LogP contribution is 2.39. The number of aromatic nitrogens is 4. The van der Waals surface area contributed by atoms with Gasteiger partial charge in [-0.05, 0) is 62.2 Å². The van der Waals surface area contributed by atoms with Crippen LogP contribution in [0.1, 0.15) is 31.4 Å². The molecule has 0 spiro atoms. The molecule has 1 fully saturated rings. The summed E-state index contributed by atoms with van der Waals surface area (Å²) in [4.78, 5) is 17.1. The van der Waals surface area contributed by atoms with Crippen molar-refractivity contribution in [2.75, 3.05) is 4.90 Å². The molecule has 2 aromatic heterocycles. The maximum Gasteiger partial charge on any atom is 0.269 e. The highest BCUT2D eigenvalue weighted by atomic mass is 32.1. The molecule has 148 valence electrons. The number of fused-ring (bicyclic) bond motifs is 1. The van der Waals surface area contributed by atoms with Crippen molar-refractivity contribution in [2.24, 2.45) is 0 Å². The van der Waals surface area contributed by atoms with Gasteiger partial charge in [-0.2, -0.15) is 0 Å². The van der Waals surface area contributed by atoms with E-state index in [-0.39, 0.29) is 16.7 Å². The SMILES string of the molecule is CC1Cc2cc([N+](=O)[O-])ccc2N1Cn1nc(-c2ccncc2)n(C2CC2)c1=S. The van der Waals surface area contributed by atoms with Gasteiger partial charge in [0.1, 0.15) is 6.67 Å². The lowest BCUT2D eigenvalue weighted by Gasteiger charge is -2.24. The molecular formula is C20H20N6O2S. The Balaban J connectivity index is 1.52. The van der Waals surface area contributed by atoms with Crippen molar-refractivity contribution in [1.82, 2.24) is 19.3 Å². The molecule has 1 aliphatic heterocycles. The Morgan fingerprint density at radius 2 is 2.00 bits per heavy atom. The lowest BCUT2D eigenvalue weighted by Crippen LogP contribution is -2.32. The Kier molecular flexibility index (Phi) is 4.20. The van der Waals surface area contributed by atoms with Crippen molar-refractivity contribution in [3.05, 3.63) is 63.2 Å². The second kappa shape index (κ2) is 6.77. The summed E-state index contributed by atoms with van der Waals surface area (Å²) >= 11 is 5.79. The van der Waals surface area contributed by atoms with Gasteiger partial charge >= 0.3 is 0 Å². The maximum absolute atomic E-state index is 11.1. The smallest absolute Gasteiger partial charge is 0.269 e. The molecule has 3 heterocycles. The lowest BCUT2D eigenvalue weighted by atomic mass is 10.1. The van der Waals surface area contributed by atoms with Crippen LogP contribution in [0.15, 0.2) is 42.7 Å². The summed E-state index contributed by atoms with van der Waals surface area (Å²) in [6.45, 7) is 2.64. The normalized spacial score (nSPS) is 18.1. The number of pyridine rings is 1. The number of nitrogens with zero attached hydrogens (tertiary/aromatic N) is 6. The van der Waals surface area contributed by atoms with Crippen molar-refractivity contribution >= 4 is 23.6 Å². The predicted molar refractivity (Wildman–Crippen MR) is 111 cm³/mol. The molecule has 1 aliphatic carbocycles. The minimum atomic E-state index is -0.345. The van der Waals surface area contributed by atoms with Crippen molar-refractivity contribution in [2.45, 2.75) is 44.9 Å². The van der Waals surface area contributed by atoms with Crippen LogP contribution in [0.3, 0.4) is 0 Å². The third-order valence-corrected chi connectivity index (χ3v) is 6.05. The highest BCUT2D eigenvalue weighted by molar-refractivity contribution is 7.71. The minimum absolute atomic E-state index is 0.132. The average Bonchev–Trinajstić information content (AvgIpc) is 3.44. The van der Waals surface area contributed by atoms with Crippen LogP contribution in [-0.4, -0.2) is 30.3 Å². The van der Waals surface area contributed by atoms with E-state index in [9.17, 15) is 10.1 Å². The van der Waals surface area contributed by atoms with Crippen molar-refractivity contribution in [3.63, 3.8) is 0 Å². The second-order valence-electron chi connectivity index (χ2n) is 7.68. The lowest BCUT2D eigenvalue weighted by molar-refractivity contribution is -0.384. The third kappa shape index (κ3) is 3.11. The fraction of sp³-hybridized carbons (Fsp3) is 0.350. The van der Waals surface area contributed by atoms with Crippen LogP contribution in [-0.2, 0) is 13.1 Å². The van der Waals surface area contributed by atoms with E-state index in [0.29, 0.717) is 17.5 Å². The number of benzene rings is 1. The van der Waals surface area contributed by atoms with Gasteiger partial charge < -0.3 is 4.90 Å². The Morgan fingerprint density at radius 3 is 2.69 bits per heavy atom. The highest BCUT2D eigenvalue weighted by Gasteiger charge is 2.31. The maximum atomic E-state index is 11.1. The topological polar surface area (TPSA) is 82.0 Å². The summed E-state index contributed by atoms with van der Waals surface area (Å²) < 4.78 is 4.74. The number of nitro groups is 1. The zero-order valence-corrected chi connectivity index (χ0v) is 16.7. The molecule has 1 saturated carbocycles. The quantitative estimate of drug-likeness (QED) is 0.359. The van der Waals surface area contributed by atoms with Gasteiger partial charge in [-0.1, -0.05) is 0 Å². The summed E-state index contributed by atoms with van der Waals surface area (Å²) in [6.07, 6.45) is 6.53. The molecule has 0 radical (unpaired) electrons. The van der Waals surface area contributed by atoms with Crippen LogP contribution in [0.4, 0.5) is 11.4 Å². The van der Waals surface area contributed by atoms with E-state index >= 15 is 0 Å². The van der Waals surface area contributed by atoms with E-state index < -0.39 is 0 Å².